The minimum atomic E-state index is -4.57. The van der Waals surface area contributed by atoms with Crippen LogP contribution >= 0.6 is 11.6 Å². The average Bonchev–Trinajstić information content (AvgIpc) is 3.59. The van der Waals surface area contributed by atoms with Crippen molar-refractivity contribution < 1.29 is 27.2 Å². The number of alkyl halides is 3. The fourth-order valence-electron chi connectivity index (χ4n) is 4.18. The summed E-state index contributed by atoms with van der Waals surface area (Å²) in [4.78, 5) is 33.8. The molecule has 11 heteroatoms. The SMILES string of the molecule is Cc1ccc(C(=O)NC(=Cc2ccc(-c3cc(C(F)(F)F)ccc3Cl)o2)C(=O)NCCc2nc3ccccc3[nH]2)cc1. The molecule has 2 amide bonds. The van der Waals surface area contributed by atoms with Crippen molar-refractivity contribution in [3.8, 4) is 11.3 Å². The quantitative estimate of drug-likeness (QED) is 0.170. The van der Waals surface area contributed by atoms with E-state index >= 15 is 0 Å². The van der Waals surface area contributed by atoms with Gasteiger partial charge in [-0.05, 0) is 61.5 Å². The molecular formula is C31H24ClF3N4O3. The predicted molar refractivity (Wildman–Crippen MR) is 154 cm³/mol. The topological polar surface area (TPSA) is 100 Å². The molecule has 0 aliphatic rings. The van der Waals surface area contributed by atoms with Gasteiger partial charge in [-0.25, -0.2) is 4.98 Å². The van der Waals surface area contributed by atoms with Crippen LogP contribution < -0.4 is 10.6 Å². The first-order chi connectivity index (χ1) is 20.1. The summed E-state index contributed by atoms with van der Waals surface area (Å²) in [5.74, 6) is -0.264. The van der Waals surface area contributed by atoms with Gasteiger partial charge in [0.2, 0.25) is 0 Å². The van der Waals surface area contributed by atoms with Crippen molar-refractivity contribution in [3.05, 3.63) is 118 Å². The highest BCUT2D eigenvalue weighted by molar-refractivity contribution is 6.33. The Morgan fingerprint density at radius 2 is 1.79 bits per heavy atom. The van der Waals surface area contributed by atoms with Crippen molar-refractivity contribution in [1.82, 2.24) is 20.6 Å². The van der Waals surface area contributed by atoms with Crippen LogP contribution in [0.5, 0.6) is 0 Å². The Kier molecular flexibility index (Phi) is 8.17. The highest BCUT2D eigenvalue weighted by Crippen LogP contribution is 2.36. The Hall–Kier alpha value is -4.83. The molecule has 3 aromatic carbocycles. The molecule has 5 rings (SSSR count). The maximum atomic E-state index is 13.3. The minimum absolute atomic E-state index is 0.0340. The van der Waals surface area contributed by atoms with E-state index in [0.717, 1.165) is 34.8 Å². The lowest BCUT2D eigenvalue weighted by atomic mass is 10.1. The fourth-order valence-corrected chi connectivity index (χ4v) is 4.39. The molecule has 5 aromatic rings. The number of imidazole rings is 1. The Balaban J connectivity index is 1.38. The molecule has 7 nitrogen and oxygen atoms in total. The van der Waals surface area contributed by atoms with E-state index in [1.54, 1.807) is 24.3 Å². The van der Waals surface area contributed by atoms with Crippen molar-refractivity contribution in [2.75, 3.05) is 6.54 Å². The lowest BCUT2D eigenvalue weighted by Gasteiger charge is -2.11. The molecular weight excluding hydrogens is 569 g/mol. The van der Waals surface area contributed by atoms with Crippen molar-refractivity contribution in [2.45, 2.75) is 19.5 Å². The van der Waals surface area contributed by atoms with Gasteiger partial charge in [0.15, 0.2) is 0 Å². The first kappa shape index (κ1) is 28.7. The molecule has 0 aliphatic carbocycles. The third-order valence-corrected chi connectivity index (χ3v) is 6.69. The molecule has 42 heavy (non-hydrogen) atoms. The molecule has 2 heterocycles. The van der Waals surface area contributed by atoms with E-state index in [1.165, 1.54) is 18.2 Å². The second kappa shape index (κ2) is 12.0. The number of nitrogens with one attached hydrogen (secondary N) is 3. The van der Waals surface area contributed by atoms with Gasteiger partial charge >= 0.3 is 6.18 Å². The second-order valence-corrected chi connectivity index (χ2v) is 9.89. The van der Waals surface area contributed by atoms with Crippen LogP contribution in [0.25, 0.3) is 28.4 Å². The molecule has 0 radical (unpaired) electrons. The Labute approximate surface area is 243 Å². The first-order valence-electron chi connectivity index (χ1n) is 12.9. The zero-order valence-electron chi connectivity index (χ0n) is 22.2. The van der Waals surface area contributed by atoms with Crippen LogP contribution in [0.3, 0.4) is 0 Å². The number of carbonyl (C=O) groups excluding carboxylic acids is 2. The third-order valence-electron chi connectivity index (χ3n) is 6.36. The average molecular weight is 593 g/mol. The van der Waals surface area contributed by atoms with Gasteiger partial charge in [0.05, 0.1) is 21.6 Å². The van der Waals surface area contributed by atoms with E-state index in [9.17, 15) is 22.8 Å². The van der Waals surface area contributed by atoms with Gasteiger partial charge in [-0.2, -0.15) is 13.2 Å². The Morgan fingerprint density at radius 1 is 1.02 bits per heavy atom. The number of para-hydroxylation sites is 2. The number of furan rings is 1. The smallest absolute Gasteiger partial charge is 0.416 e. The zero-order valence-corrected chi connectivity index (χ0v) is 22.9. The minimum Gasteiger partial charge on any atom is -0.457 e. The number of aromatic amines is 1. The predicted octanol–water partition coefficient (Wildman–Crippen LogP) is 6.93. The molecule has 0 spiro atoms. The third kappa shape index (κ3) is 6.72. The normalized spacial score (nSPS) is 12.0. The van der Waals surface area contributed by atoms with E-state index in [2.05, 4.69) is 20.6 Å². The molecule has 0 unspecified atom stereocenters. The van der Waals surface area contributed by atoms with Gasteiger partial charge < -0.3 is 20.0 Å². The van der Waals surface area contributed by atoms with E-state index in [0.29, 0.717) is 17.8 Å². The van der Waals surface area contributed by atoms with E-state index < -0.39 is 23.6 Å². The Morgan fingerprint density at radius 3 is 2.52 bits per heavy atom. The van der Waals surface area contributed by atoms with Crippen LogP contribution in [-0.4, -0.2) is 28.3 Å². The number of hydrogen-bond acceptors (Lipinski definition) is 4. The molecule has 0 atom stereocenters. The molecule has 0 fully saturated rings. The first-order valence-corrected chi connectivity index (χ1v) is 13.2. The summed E-state index contributed by atoms with van der Waals surface area (Å²) in [6.07, 6.45) is -2.87. The number of aromatic nitrogens is 2. The number of hydrogen-bond donors (Lipinski definition) is 3. The molecule has 0 saturated heterocycles. The van der Waals surface area contributed by atoms with Crippen molar-refractivity contribution in [1.29, 1.82) is 0 Å². The lowest BCUT2D eigenvalue weighted by Crippen LogP contribution is -2.35. The molecule has 214 valence electrons. The fraction of sp³-hybridized carbons (Fsp3) is 0.129. The molecule has 2 aromatic heterocycles. The van der Waals surface area contributed by atoms with Crippen LogP contribution in [0, 0.1) is 6.92 Å². The van der Waals surface area contributed by atoms with Gasteiger partial charge in [-0.1, -0.05) is 41.4 Å². The number of benzene rings is 3. The summed E-state index contributed by atoms with van der Waals surface area (Å²) in [6, 6.07) is 20.1. The molecule has 0 aliphatic heterocycles. The zero-order chi connectivity index (χ0) is 29.9. The molecule has 0 bridgehead atoms. The van der Waals surface area contributed by atoms with E-state index in [4.69, 9.17) is 16.0 Å². The summed E-state index contributed by atoms with van der Waals surface area (Å²) in [5, 5.41) is 5.44. The molecule has 0 saturated carbocycles. The number of carbonyl (C=O) groups is 2. The summed E-state index contributed by atoms with van der Waals surface area (Å²) < 4.78 is 45.5. The van der Waals surface area contributed by atoms with Crippen molar-refractivity contribution in [2.24, 2.45) is 0 Å². The van der Waals surface area contributed by atoms with E-state index in [-0.39, 0.29) is 34.3 Å². The van der Waals surface area contributed by atoms with Gasteiger partial charge in [0, 0.05) is 30.2 Å². The summed E-state index contributed by atoms with van der Waals surface area (Å²) in [5.41, 5.74) is 2.00. The number of nitrogens with zero attached hydrogens (tertiary/aromatic N) is 1. The van der Waals surface area contributed by atoms with Crippen molar-refractivity contribution in [3.63, 3.8) is 0 Å². The van der Waals surface area contributed by atoms with Crippen LogP contribution in [0.2, 0.25) is 5.02 Å². The number of H-pyrrole nitrogens is 1. The maximum Gasteiger partial charge on any atom is 0.416 e. The van der Waals surface area contributed by atoms with Gasteiger partial charge in [0.1, 0.15) is 23.0 Å². The number of halogens is 4. The monoisotopic (exact) mass is 592 g/mol. The lowest BCUT2D eigenvalue weighted by molar-refractivity contribution is -0.137. The summed E-state index contributed by atoms with van der Waals surface area (Å²) in [6.45, 7) is 2.09. The summed E-state index contributed by atoms with van der Waals surface area (Å²) in [7, 11) is 0. The maximum absolute atomic E-state index is 13.3. The Bertz CT molecular complexity index is 1760. The largest absolute Gasteiger partial charge is 0.457 e. The second-order valence-electron chi connectivity index (χ2n) is 9.48. The van der Waals surface area contributed by atoms with Gasteiger partial charge in [-0.3, -0.25) is 9.59 Å². The van der Waals surface area contributed by atoms with Crippen LogP contribution in [0.15, 0.2) is 89.0 Å². The van der Waals surface area contributed by atoms with Crippen LogP contribution in [0.1, 0.15) is 33.1 Å². The van der Waals surface area contributed by atoms with Gasteiger partial charge in [0.25, 0.3) is 11.8 Å². The van der Waals surface area contributed by atoms with Crippen LogP contribution in [-0.2, 0) is 17.4 Å². The number of amides is 2. The summed E-state index contributed by atoms with van der Waals surface area (Å²) >= 11 is 6.16. The number of rotatable bonds is 8. The van der Waals surface area contributed by atoms with Crippen molar-refractivity contribution >= 4 is 40.5 Å². The number of aryl methyl sites for hydroxylation is 1. The standard InChI is InChI=1S/C31H24ClF3N4O3/c1-18-6-8-19(9-7-18)29(40)39-26(30(41)36-15-14-28-37-24-4-2-3-5-25(24)38-28)17-21-11-13-27(42-21)22-16-20(31(33,34)35)10-12-23(22)32/h2-13,16-17H,14-15H2,1H3,(H,36,41)(H,37,38)(H,39,40). The van der Waals surface area contributed by atoms with Gasteiger partial charge in [-0.15, -0.1) is 0 Å². The highest BCUT2D eigenvalue weighted by Gasteiger charge is 2.31. The van der Waals surface area contributed by atoms with E-state index in [1.807, 2.05) is 31.2 Å². The highest BCUT2D eigenvalue weighted by atomic mass is 35.5. The number of fused-ring (bicyclic) bond motifs is 1. The molecule has 3 N–H and O–H groups in total. The van der Waals surface area contributed by atoms with Crippen LogP contribution in [0.4, 0.5) is 13.2 Å².